The molecule has 0 fully saturated rings. The summed E-state index contributed by atoms with van der Waals surface area (Å²) in [4.78, 5) is 3.74. The molecule has 0 aromatic carbocycles. The summed E-state index contributed by atoms with van der Waals surface area (Å²) in [6.07, 6.45) is 3.56. The van der Waals surface area contributed by atoms with E-state index in [0.29, 0.717) is 6.42 Å². The number of rotatable bonds is 6. The number of nitrogens with zero attached hydrogens (tertiary/aromatic N) is 2. The van der Waals surface area contributed by atoms with Gasteiger partial charge in [0, 0.05) is 19.8 Å². The summed E-state index contributed by atoms with van der Waals surface area (Å²) in [5.41, 5.74) is 0. The second kappa shape index (κ2) is 5.42. The molecule has 1 aromatic rings. The Hall–Kier alpha value is -0.920. The number of aromatic nitrogens is 2. The first-order valence-electron chi connectivity index (χ1n) is 5.11. The van der Waals surface area contributed by atoms with Gasteiger partial charge in [-0.25, -0.2) is 18.1 Å². The Morgan fingerprint density at radius 1 is 1.62 bits per heavy atom. The van der Waals surface area contributed by atoms with Crippen LogP contribution in [-0.2, 0) is 17.1 Å². The second-order valence-corrected chi connectivity index (χ2v) is 5.39. The van der Waals surface area contributed by atoms with Crippen molar-refractivity contribution in [3.05, 3.63) is 12.5 Å². The van der Waals surface area contributed by atoms with Crippen LogP contribution in [0.3, 0.4) is 0 Å². The molecule has 1 atom stereocenters. The molecule has 0 aliphatic carbocycles. The van der Waals surface area contributed by atoms with Crippen molar-refractivity contribution in [3.63, 3.8) is 0 Å². The van der Waals surface area contributed by atoms with E-state index in [4.69, 9.17) is 0 Å². The van der Waals surface area contributed by atoms with Gasteiger partial charge in [0.25, 0.3) is 10.0 Å². The van der Waals surface area contributed by atoms with Gasteiger partial charge in [0.2, 0.25) is 0 Å². The average Bonchev–Trinajstić information content (AvgIpc) is 2.63. The van der Waals surface area contributed by atoms with Gasteiger partial charge in [0.1, 0.15) is 0 Å². The highest BCUT2D eigenvalue weighted by molar-refractivity contribution is 7.89. The number of hydrogen-bond donors (Lipinski definition) is 2. The van der Waals surface area contributed by atoms with Gasteiger partial charge in [-0.05, 0) is 6.42 Å². The van der Waals surface area contributed by atoms with E-state index in [1.807, 2.05) is 6.92 Å². The third-order valence-electron chi connectivity index (χ3n) is 2.09. The van der Waals surface area contributed by atoms with Crippen molar-refractivity contribution < 1.29 is 13.5 Å². The van der Waals surface area contributed by atoms with Crippen molar-refractivity contribution in [2.24, 2.45) is 7.05 Å². The summed E-state index contributed by atoms with van der Waals surface area (Å²) in [6.45, 7) is 1.95. The van der Waals surface area contributed by atoms with Crippen molar-refractivity contribution in [3.8, 4) is 0 Å². The van der Waals surface area contributed by atoms with Crippen LogP contribution in [0.2, 0.25) is 0 Å². The largest absolute Gasteiger partial charge is 0.392 e. The molecular formula is C9H17N3O3S. The van der Waals surface area contributed by atoms with E-state index >= 15 is 0 Å². The maximum atomic E-state index is 11.7. The first-order valence-corrected chi connectivity index (χ1v) is 6.59. The first kappa shape index (κ1) is 13.1. The number of imidazole rings is 1. The number of aliphatic hydroxyl groups is 1. The lowest BCUT2D eigenvalue weighted by molar-refractivity contribution is 0.167. The van der Waals surface area contributed by atoms with Gasteiger partial charge >= 0.3 is 0 Å². The molecular weight excluding hydrogens is 230 g/mol. The Morgan fingerprint density at radius 3 is 2.81 bits per heavy atom. The number of sulfonamides is 1. The predicted molar refractivity (Wildman–Crippen MR) is 59.3 cm³/mol. The Labute approximate surface area is 95.4 Å². The van der Waals surface area contributed by atoms with E-state index in [-0.39, 0.29) is 11.6 Å². The van der Waals surface area contributed by atoms with Gasteiger partial charge in [0.05, 0.1) is 12.4 Å². The minimum absolute atomic E-state index is 0.0206. The number of aliphatic hydroxyl groups excluding tert-OH is 1. The van der Waals surface area contributed by atoms with E-state index < -0.39 is 16.1 Å². The zero-order valence-electron chi connectivity index (χ0n) is 9.42. The van der Waals surface area contributed by atoms with E-state index in [1.54, 1.807) is 11.6 Å². The highest BCUT2D eigenvalue weighted by Gasteiger charge is 2.17. The minimum atomic E-state index is -3.59. The van der Waals surface area contributed by atoms with Crippen LogP contribution in [0, 0.1) is 0 Å². The minimum Gasteiger partial charge on any atom is -0.392 e. The SMILES string of the molecule is CCCC(O)CNS(=O)(=O)c1cn(C)cn1. The van der Waals surface area contributed by atoms with Gasteiger partial charge in [-0.1, -0.05) is 13.3 Å². The molecule has 6 nitrogen and oxygen atoms in total. The summed E-state index contributed by atoms with van der Waals surface area (Å²) in [5, 5.41) is 9.38. The Kier molecular flexibility index (Phi) is 4.45. The van der Waals surface area contributed by atoms with Crippen molar-refractivity contribution in [1.82, 2.24) is 14.3 Å². The molecule has 7 heteroatoms. The molecule has 2 N–H and O–H groups in total. The maximum Gasteiger partial charge on any atom is 0.259 e. The quantitative estimate of drug-likeness (QED) is 0.732. The Balaban J connectivity index is 2.59. The van der Waals surface area contributed by atoms with Gasteiger partial charge in [-0.15, -0.1) is 0 Å². The molecule has 1 aromatic heterocycles. The molecule has 0 aliphatic rings. The summed E-state index contributed by atoms with van der Waals surface area (Å²) in [5.74, 6) is 0. The summed E-state index contributed by atoms with van der Waals surface area (Å²) >= 11 is 0. The lowest BCUT2D eigenvalue weighted by atomic mass is 10.2. The van der Waals surface area contributed by atoms with Crippen LogP contribution in [0.25, 0.3) is 0 Å². The smallest absolute Gasteiger partial charge is 0.259 e. The molecule has 0 saturated heterocycles. The molecule has 16 heavy (non-hydrogen) atoms. The summed E-state index contributed by atoms with van der Waals surface area (Å²) in [7, 11) is -1.90. The molecule has 1 heterocycles. The highest BCUT2D eigenvalue weighted by atomic mass is 32.2. The van der Waals surface area contributed by atoms with Crippen molar-refractivity contribution in [2.75, 3.05) is 6.54 Å². The first-order chi connectivity index (χ1) is 7.45. The van der Waals surface area contributed by atoms with Gasteiger partial charge in [-0.3, -0.25) is 0 Å². The highest BCUT2D eigenvalue weighted by Crippen LogP contribution is 2.04. The third-order valence-corrected chi connectivity index (χ3v) is 3.40. The van der Waals surface area contributed by atoms with Crippen LogP contribution in [0.4, 0.5) is 0 Å². The fourth-order valence-electron chi connectivity index (χ4n) is 1.24. The van der Waals surface area contributed by atoms with Gasteiger partial charge < -0.3 is 9.67 Å². The van der Waals surface area contributed by atoms with Gasteiger partial charge in [-0.2, -0.15) is 0 Å². The third kappa shape index (κ3) is 3.58. The molecule has 0 amide bonds. The molecule has 0 aliphatic heterocycles. The maximum absolute atomic E-state index is 11.7. The number of hydrogen-bond acceptors (Lipinski definition) is 4. The standard InChI is InChI=1S/C9H17N3O3S/c1-3-4-8(13)5-11-16(14,15)9-6-12(2)7-10-9/h6-8,11,13H,3-5H2,1-2H3. The topological polar surface area (TPSA) is 84.2 Å². The van der Waals surface area contributed by atoms with E-state index in [1.165, 1.54) is 12.5 Å². The molecule has 0 saturated carbocycles. The zero-order chi connectivity index (χ0) is 12.2. The summed E-state index contributed by atoms with van der Waals surface area (Å²) in [6, 6.07) is 0. The zero-order valence-corrected chi connectivity index (χ0v) is 10.2. The van der Waals surface area contributed by atoms with E-state index in [0.717, 1.165) is 6.42 Å². The van der Waals surface area contributed by atoms with Crippen LogP contribution in [-0.4, -0.2) is 35.7 Å². The van der Waals surface area contributed by atoms with Crippen LogP contribution < -0.4 is 4.72 Å². The van der Waals surface area contributed by atoms with Crippen LogP contribution in [0.15, 0.2) is 17.6 Å². The van der Waals surface area contributed by atoms with Gasteiger partial charge in [0.15, 0.2) is 5.03 Å². The lowest BCUT2D eigenvalue weighted by Gasteiger charge is -2.09. The fraction of sp³-hybridized carbons (Fsp3) is 0.667. The van der Waals surface area contributed by atoms with Crippen molar-refractivity contribution in [1.29, 1.82) is 0 Å². The monoisotopic (exact) mass is 247 g/mol. The average molecular weight is 247 g/mol. The normalized spacial score (nSPS) is 13.9. The molecule has 1 unspecified atom stereocenters. The van der Waals surface area contributed by atoms with E-state index in [2.05, 4.69) is 9.71 Å². The molecule has 0 radical (unpaired) electrons. The van der Waals surface area contributed by atoms with Crippen LogP contribution >= 0.6 is 0 Å². The van der Waals surface area contributed by atoms with Crippen LogP contribution in [0.1, 0.15) is 19.8 Å². The Morgan fingerprint density at radius 2 is 2.31 bits per heavy atom. The number of aryl methyl sites for hydroxylation is 1. The second-order valence-electron chi connectivity index (χ2n) is 3.67. The van der Waals surface area contributed by atoms with E-state index in [9.17, 15) is 13.5 Å². The van der Waals surface area contributed by atoms with Crippen molar-refractivity contribution in [2.45, 2.75) is 30.9 Å². The van der Waals surface area contributed by atoms with Crippen LogP contribution in [0.5, 0.6) is 0 Å². The Bertz CT molecular complexity index is 427. The molecule has 1 rings (SSSR count). The molecule has 92 valence electrons. The molecule has 0 bridgehead atoms. The number of nitrogens with one attached hydrogen (secondary N) is 1. The molecule has 0 spiro atoms. The van der Waals surface area contributed by atoms with Crippen molar-refractivity contribution >= 4 is 10.0 Å². The summed E-state index contributed by atoms with van der Waals surface area (Å²) < 4.78 is 27.2. The predicted octanol–water partition coefficient (Wildman–Crippen LogP) is -0.141. The lowest BCUT2D eigenvalue weighted by Crippen LogP contribution is -2.32. The fourth-order valence-corrected chi connectivity index (χ4v) is 2.29.